The minimum atomic E-state index is -1.07. The number of hydrogen-bond donors (Lipinski definition) is 1. The third-order valence-electron chi connectivity index (χ3n) is 1.82. The van der Waals surface area contributed by atoms with Gasteiger partial charge in [0.15, 0.2) is 5.78 Å². The van der Waals surface area contributed by atoms with Crippen LogP contribution in [0.15, 0.2) is 5.11 Å². The molecule has 0 bridgehead atoms. The largest absolute Gasteiger partial charge is 0.385 e. The molecule has 5 nitrogen and oxygen atoms in total. The zero-order chi connectivity index (χ0) is 8.27. The van der Waals surface area contributed by atoms with Gasteiger partial charge in [0.05, 0.1) is 6.04 Å². The molecule has 1 aliphatic rings. The Labute approximate surface area is 63.6 Å². The van der Waals surface area contributed by atoms with Crippen LogP contribution in [0.4, 0.5) is 0 Å². The van der Waals surface area contributed by atoms with E-state index in [0.29, 0.717) is 19.3 Å². The highest BCUT2D eigenvalue weighted by Crippen LogP contribution is 2.18. The highest BCUT2D eigenvalue weighted by atomic mass is 16.3. The molecule has 0 heterocycles. The van der Waals surface area contributed by atoms with Crippen molar-refractivity contribution < 1.29 is 9.90 Å². The molecule has 0 aliphatic heterocycles. The number of carbonyl (C=O) groups is 1. The minimum Gasteiger partial charge on any atom is -0.385 e. The highest BCUT2D eigenvalue weighted by molar-refractivity contribution is 5.84. The number of ketones is 1. The fraction of sp³-hybridized carbons (Fsp3) is 0.833. The molecule has 0 aromatic heterocycles. The van der Waals surface area contributed by atoms with E-state index in [1.54, 1.807) is 0 Å². The summed E-state index contributed by atoms with van der Waals surface area (Å²) in [6, 6.07) is -0.541. The lowest BCUT2D eigenvalue weighted by Gasteiger charge is -2.21. The third kappa shape index (κ3) is 1.69. The normalized spacial score (nSPS) is 31.2. The van der Waals surface area contributed by atoms with Gasteiger partial charge in [-0.25, -0.2) is 0 Å². The number of aliphatic hydroxyl groups is 1. The summed E-state index contributed by atoms with van der Waals surface area (Å²) in [7, 11) is 0. The summed E-state index contributed by atoms with van der Waals surface area (Å²) in [4.78, 5) is 13.4. The van der Waals surface area contributed by atoms with Crippen molar-refractivity contribution in [1.82, 2.24) is 0 Å². The Morgan fingerprint density at radius 2 is 2.45 bits per heavy atom. The van der Waals surface area contributed by atoms with Gasteiger partial charge in [0.25, 0.3) is 0 Å². The van der Waals surface area contributed by atoms with Crippen LogP contribution in [0, 0.1) is 0 Å². The number of carbonyl (C=O) groups excluding carboxylic acids is 1. The van der Waals surface area contributed by atoms with Gasteiger partial charge in [-0.05, 0) is 18.4 Å². The zero-order valence-corrected chi connectivity index (χ0v) is 5.97. The molecule has 0 unspecified atom stereocenters. The average Bonchev–Trinajstić information content (AvgIpc) is 1.99. The Hall–Kier alpha value is -1.06. The quantitative estimate of drug-likeness (QED) is 0.344. The number of rotatable bonds is 1. The molecule has 5 heteroatoms. The molecule has 0 spiro atoms. The molecule has 1 N–H and O–H groups in total. The number of Topliss-reactive ketones (excluding diaryl/α,β-unsaturated/α-hetero) is 1. The second-order valence-corrected chi connectivity index (χ2v) is 2.58. The van der Waals surface area contributed by atoms with Gasteiger partial charge >= 0.3 is 0 Å². The second kappa shape index (κ2) is 3.37. The van der Waals surface area contributed by atoms with Gasteiger partial charge < -0.3 is 5.11 Å². The van der Waals surface area contributed by atoms with Crippen LogP contribution in [0.5, 0.6) is 0 Å². The van der Waals surface area contributed by atoms with Gasteiger partial charge in [-0.3, -0.25) is 4.79 Å². The number of nitrogens with zero attached hydrogens (tertiary/aromatic N) is 3. The molecule has 0 aromatic carbocycles. The van der Waals surface area contributed by atoms with Crippen LogP contribution in [-0.4, -0.2) is 23.0 Å². The molecular weight excluding hydrogens is 146 g/mol. The fourth-order valence-corrected chi connectivity index (χ4v) is 1.19. The lowest BCUT2D eigenvalue weighted by atomic mass is 9.92. The maximum Gasteiger partial charge on any atom is 0.161 e. The molecule has 1 aliphatic carbocycles. The van der Waals surface area contributed by atoms with Gasteiger partial charge in [-0.2, -0.15) is 0 Å². The summed E-state index contributed by atoms with van der Waals surface area (Å²) in [5, 5.41) is 12.5. The topological polar surface area (TPSA) is 86.1 Å². The standard InChI is InChI=1S/C6H9N3O2/c7-9-8-4-2-1-3-5(10)6(4)11/h4,6,11H,1-3H2/t4-,6+/m0/s1. The van der Waals surface area contributed by atoms with Gasteiger partial charge in [0, 0.05) is 11.3 Å². The first-order chi connectivity index (χ1) is 5.25. The van der Waals surface area contributed by atoms with E-state index in [0.717, 1.165) is 0 Å². The van der Waals surface area contributed by atoms with E-state index < -0.39 is 12.1 Å². The fourth-order valence-electron chi connectivity index (χ4n) is 1.19. The van der Waals surface area contributed by atoms with Crippen molar-refractivity contribution in [2.45, 2.75) is 31.4 Å². The van der Waals surface area contributed by atoms with Crippen molar-refractivity contribution in [1.29, 1.82) is 0 Å². The third-order valence-corrected chi connectivity index (χ3v) is 1.82. The van der Waals surface area contributed by atoms with E-state index in [1.165, 1.54) is 0 Å². The van der Waals surface area contributed by atoms with E-state index in [4.69, 9.17) is 10.6 Å². The highest BCUT2D eigenvalue weighted by Gasteiger charge is 2.28. The first kappa shape index (κ1) is 8.04. The predicted octanol–water partition coefficient (Wildman–Crippen LogP) is 0.779. The van der Waals surface area contributed by atoms with E-state index in [2.05, 4.69) is 10.0 Å². The van der Waals surface area contributed by atoms with Crippen LogP contribution >= 0.6 is 0 Å². The van der Waals surface area contributed by atoms with Crippen molar-refractivity contribution >= 4 is 5.78 Å². The van der Waals surface area contributed by atoms with Gasteiger partial charge in [-0.15, -0.1) is 0 Å². The van der Waals surface area contributed by atoms with Crippen molar-refractivity contribution in [2.24, 2.45) is 5.11 Å². The van der Waals surface area contributed by atoms with E-state index >= 15 is 0 Å². The van der Waals surface area contributed by atoms with Crippen molar-refractivity contribution in [3.8, 4) is 0 Å². The number of hydrogen-bond acceptors (Lipinski definition) is 3. The molecule has 0 saturated heterocycles. The molecular formula is C6H9N3O2. The van der Waals surface area contributed by atoms with Gasteiger partial charge in [0.2, 0.25) is 0 Å². The predicted molar refractivity (Wildman–Crippen MR) is 37.8 cm³/mol. The van der Waals surface area contributed by atoms with Crippen LogP contribution in [0.25, 0.3) is 10.4 Å². The molecule has 0 radical (unpaired) electrons. The smallest absolute Gasteiger partial charge is 0.161 e. The molecule has 1 saturated carbocycles. The summed E-state index contributed by atoms with van der Waals surface area (Å²) < 4.78 is 0. The van der Waals surface area contributed by atoms with E-state index in [1.807, 2.05) is 0 Å². The van der Waals surface area contributed by atoms with Crippen LogP contribution < -0.4 is 0 Å². The van der Waals surface area contributed by atoms with Crippen molar-refractivity contribution in [2.75, 3.05) is 0 Å². The van der Waals surface area contributed by atoms with Gasteiger partial charge in [-0.1, -0.05) is 5.11 Å². The SMILES string of the molecule is [N-]=[N+]=N[C@H]1CCCC(=O)[C@@H]1O. The van der Waals surface area contributed by atoms with Crippen LogP contribution in [-0.2, 0) is 4.79 Å². The molecule has 0 amide bonds. The maximum absolute atomic E-state index is 10.8. The van der Waals surface area contributed by atoms with Crippen molar-refractivity contribution in [3.63, 3.8) is 0 Å². The Morgan fingerprint density at radius 1 is 1.73 bits per heavy atom. The van der Waals surface area contributed by atoms with Crippen LogP contribution in [0.2, 0.25) is 0 Å². The molecule has 1 fully saturated rings. The summed E-state index contributed by atoms with van der Waals surface area (Å²) >= 11 is 0. The number of aliphatic hydroxyl groups excluding tert-OH is 1. The zero-order valence-electron chi connectivity index (χ0n) is 5.97. The van der Waals surface area contributed by atoms with Crippen molar-refractivity contribution in [3.05, 3.63) is 10.4 Å². The Bertz CT molecular complexity index is 210. The lowest BCUT2D eigenvalue weighted by molar-refractivity contribution is -0.130. The first-order valence-corrected chi connectivity index (χ1v) is 3.50. The molecule has 1 rings (SSSR count). The average molecular weight is 155 g/mol. The summed E-state index contributed by atoms with van der Waals surface area (Å²) in [6.45, 7) is 0. The van der Waals surface area contributed by atoms with E-state index in [9.17, 15) is 4.79 Å². The van der Waals surface area contributed by atoms with E-state index in [-0.39, 0.29) is 5.78 Å². The second-order valence-electron chi connectivity index (χ2n) is 2.58. The Kier molecular flexibility index (Phi) is 2.46. The number of azide groups is 1. The Morgan fingerprint density at radius 3 is 3.09 bits per heavy atom. The summed E-state index contributed by atoms with van der Waals surface area (Å²) in [6.07, 6.45) is 0.648. The lowest BCUT2D eigenvalue weighted by Crippen LogP contribution is -2.36. The first-order valence-electron chi connectivity index (χ1n) is 3.50. The molecule has 2 atom stereocenters. The summed E-state index contributed by atoms with van der Waals surface area (Å²) in [5.74, 6) is -0.214. The van der Waals surface area contributed by atoms with Gasteiger partial charge in [0.1, 0.15) is 6.10 Å². The summed E-state index contributed by atoms with van der Waals surface area (Å²) in [5.41, 5.74) is 8.06. The van der Waals surface area contributed by atoms with Crippen LogP contribution in [0.1, 0.15) is 19.3 Å². The molecule has 11 heavy (non-hydrogen) atoms. The monoisotopic (exact) mass is 155 g/mol. The maximum atomic E-state index is 10.8. The minimum absolute atomic E-state index is 0.214. The Balaban J connectivity index is 2.65. The molecule has 0 aromatic rings. The van der Waals surface area contributed by atoms with Crippen LogP contribution in [0.3, 0.4) is 0 Å². The molecule has 60 valence electrons.